The third-order valence-corrected chi connectivity index (χ3v) is 4.52. The van der Waals surface area contributed by atoms with Gasteiger partial charge in [0.05, 0.1) is 5.60 Å². The van der Waals surface area contributed by atoms with Gasteiger partial charge in [0.15, 0.2) is 0 Å². The number of carbonyl (C=O) groups is 1. The zero-order chi connectivity index (χ0) is 15.6. The second kappa shape index (κ2) is 6.57. The summed E-state index contributed by atoms with van der Waals surface area (Å²) in [6.45, 7) is 14.9. The number of hydrogen-bond acceptors (Lipinski definition) is 3. The molecule has 3 heteroatoms. The molecule has 118 valence electrons. The van der Waals surface area contributed by atoms with Crippen molar-refractivity contribution in [1.82, 2.24) is 4.90 Å². The molecule has 1 fully saturated rings. The highest BCUT2D eigenvalue weighted by Crippen LogP contribution is 2.39. The first-order chi connectivity index (χ1) is 9.03. The van der Waals surface area contributed by atoms with Crippen molar-refractivity contribution in [2.75, 3.05) is 19.6 Å². The Labute approximate surface area is 124 Å². The minimum atomic E-state index is -0.697. The average molecular weight is 283 g/mol. The molecule has 0 heterocycles. The summed E-state index contributed by atoms with van der Waals surface area (Å²) in [6.07, 6.45) is 2.77. The fourth-order valence-corrected chi connectivity index (χ4v) is 3.24. The highest BCUT2D eigenvalue weighted by molar-refractivity contribution is 5.82. The fraction of sp³-hybridized carbons (Fsp3) is 0.941. The predicted molar refractivity (Wildman–Crippen MR) is 83.7 cm³/mol. The fourth-order valence-electron chi connectivity index (χ4n) is 3.24. The van der Waals surface area contributed by atoms with E-state index < -0.39 is 5.60 Å². The van der Waals surface area contributed by atoms with Crippen LogP contribution < -0.4 is 0 Å². The van der Waals surface area contributed by atoms with Gasteiger partial charge in [-0.15, -0.1) is 0 Å². The number of aliphatic hydroxyl groups is 1. The van der Waals surface area contributed by atoms with E-state index in [0.29, 0.717) is 18.2 Å². The molecule has 0 radical (unpaired) electrons. The van der Waals surface area contributed by atoms with Crippen LogP contribution in [0.1, 0.15) is 60.8 Å². The van der Waals surface area contributed by atoms with Crippen molar-refractivity contribution < 1.29 is 9.90 Å². The van der Waals surface area contributed by atoms with Crippen molar-refractivity contribution in [2.45, 2.75) is 66.4 Å². The summed E-state index contributed by atoms with van der Waals surface area (Å²) in [5.74, 6) is 1.20. The van der Waals surface area contributed by atoms with E-state index in [1.165, 1.54) is 0 Å². The van der Waals surface area contributed by atoms with Crippen LogP contribution in [-0.4, -0.2) is 41.0 Å². The molecule has 0 aromatic rings. The van der Waals surface area contributed by atoms with Crippen LogP contribution in [0.4, 0.5) is 0 Å². The molecule has 20 heavy (non-hydrogen) atoms. The van der Waals surface area contributed by atoms with E-state index in [4.69, 9.17) is 0 Å². The molecule has 3 nitrogen and oxygen atoms in total. The van der Waals surface area contributed by atoms with Crippen LogP contribution in [-0.2, 0) is 4.79 Å². The number of carbonyl (C=O) groups excluding carboxylic acids is 1. The number of hydrogen-bond donors (Lipinski definition) is 1. The summed E-state index contributed by atoms with van der Waals surface area (Å²) >= 11 is 0. The normalized spacial score (nSPS) is 25.3. The smallest absolute Gasteiger partial charge is 0.137 e. The van der Waals surface area contributed by atoms with Crippen LogP contribution in [0.25, 0.3) is 0 Å². The molecule has 1 saturated carbocycles. The topological polar surface area (TPSA) is 40.5 Å². The van der Waals surface area contributed by atoms with Crippen molar-refractivity contribution in [1.29, 1.82) is 0 Å². The highest BCUT2D eigenvalue weighted by atomic mass is 16.3. The average Bonchev–Trinajstić information content (AvgIpc) is 2.27. The number of Topliss-reactive ketones (excluding diaryl/α,β-unsaturated/α-hetero) is 1. The third-order valence-electron chi connectivity index (χ3n) is 4.52. The Hall–Kier alpha value is -0.410. The minimum absolute atomic E-state index is 0.148. The molecule has 0 spiro atoms. The molecular weight excluding hydrogens is 250 g/mol. The molecule has 0 aromatic carbocycles. The van der Waals surface area contributed by atoms with Gasteiger partial charge in [-0.25, -0.2) is 0 Å². The van der Waals surface area contributed by atoms with Gasteiger partial charge in [-0.2, -0.15) is 0 Å². The van der Waals surface area contributed by atoms with Gasteiger partial charge in [0.1, 0.15) is 5.78 Å². The molecule has 2 atom stereocenters. The first kappa shape index (κ1) is 17.6. The lowest BCUT2D eigenvalue weighted by Gasteiger charge is -2.39. The first-order valence-electron chi connectivity index (χ1n) is 8.00. The van der Waals surface area contributed by atoms with Gasteiger partial charge < -0.3 is 10.0 Å². The van der Waals surface area contributed by atoms with Gasteiger partial charge in [0.25, 0.3) is 0 Å². The predicted octanol–water partition coefficient (Wildman–Crippen LogP) is 3.11. The quantitative estimate of drug-likeness (QED) is 0.843. The highest BCUT2D eigenvalue weighted by Gasteiger charge is 2.35. The Balaban J connectivity index is 2.65. The van der Waals surface area contributed by atoms with Crippen molar-refractivity contribution >= 4 is 5.78 Å². The number of rotatable bonds is 5. The van der Waals surface area contributed by atoms with Crippen LogP contribution in [0.3, 0.4) is 0 Å². The lowest BCUT2D eigenvalue weighted by molar-refractivity contribution is -0.127. The molecule has 1 aliphatic rings. The van der Waals surface area contributed by atoms with Crippen molar-refractivity contribution in [3.63, 3.8) is 0 Å². The molecule has 0 aliphatic heterocycles. The molecule has 0 bridgehead atoms. The van der Waals surface area contributed by atoms with Gasteiger partial charge in [-0.1, -0.05) is 27.7 Å². The number of nitrogens with zero attached hydrogens (tertiary/aromatic N) is 1. The second-order valence-corrected chi connectivity index (χ2v) is 8.14. The van der Waals surface area contributed by atoms with E-state index in [9.17, 15) is 9.90 Å². The summed E-state index contributed by atoms with van der Waals surface area (Å²) in [5, 5.41) is 9.97. The van der Waals surface area contributed by atoms with Gasteiger partial charge in [-0.05, 0) is 44.6 Å². The second-order valence-electron chi connectivity index (χ2n) is 8.14. The van der Waals surface area contributed by atoms with Crippen LogP contribution in [0, 0.1) is 17.3 Å². The van der Waals surface area contributed by atoms with Gasteiger partial charge in [-0.3, -0.25) is 4.79 Å². The largest absolute Gasteiger partial charge is 0.389 e. The summed E-state index contributed by atoms with van der Waals surface area (Å²) < 4.78 is 0. The molecule has 0 saturated heterocycles. The molecule has 1 rings (SSSR count). The molecule has 1 aliphatic carbocycles. The molecule has 1 N–H and O–H groups in total. The molecule has 0 amide bonds. The van der Waals surface area contributed by atoms with Gasteiger partial charge in [0.2, 0.25) is 0 Å². The minimum Gasteiger partial charge on any atom is -0.389 e. The summed E-state index contributed by atoms with van der Waals surface area (Å²) in [7, 11) is 0. The van der Waals surface area contributed by atoms with Gasteiger partial charge >= 0.3 is 0 Å². The Morgan fingerprint density at radius 2 is 1.85 bits per heavy atom. The van der Waals surface area contributed by atoms with Crippen LogP contribution in [0.5, 0.6) is 0 Å². The van der Waals surface area contributed by atoms with E-state index in [0.717, 1.165) is 32.4 Å². The van der Waals surface area contributed by atoms with Crippen LogP contribution in [0.2, 0.25) is 0 Å². The van der Waals surface area contributed by atoms with Crippen LogP contribution >= 0.6 is 0 Å². The van der Waals surface area contributed by atoms with Crippen molar-refractivity contribution in [3.05, 3.63) is 0 Å². The SMILES string of the molecule is CCN(CC1CC(C(C)(C)C)CCC1=O)CC(C)(C)O. The van der Waals surface area contributed by atoms with E-state index >= 15 is 0 Å². The maximum absolute atomic E-state index is 12.2. The van der Waals surface area contributed by atoms with E-state index in [-0.39, 0.29) is 11.3 Å². The van der Waals surface area contributed by atoms with Crippen molar-refractivity contribution in [2.24, 2.45) is 17.3 Å². The van der Waals surface area contributed by atoms with Crippen molar-refractivity contribution in [3.8, 4) is 0 Å². The Morgan fingerprint density at radius 3 is 2.30 bits per heavy atom. The first-order valence-corrected chi connectivity index (χ1v) is 8.00. The Morgan fingerprint density at radius 1 is 1.25 bits per heavy atom. The standard InChI is InChI=1S/C17H33NO2/c1-7-18(12-17(5,6)20)11-13-10-14(16(2,3)4)8-9-15(13)19/h13-14,20H,7-12H2,1-6H3. The molecule has 0 aromatic heterocycles. The van der Waals surface area contributed by atoms with E-state index in [1.54, 1.807) is 0 Å². The molecular formula is C17H33NO2. The van der Waals surface area contributed by atoms with Gasteiger partial charge in [0, 0.05) is 25.4 Å². The Bertz CT molecular complexity index is 325. The summed E-state index contributed by atoms with van der Waals surface area (Å²) in [5.41, 5.74) is -0.413. The van der Waals surface area contributed by atoms with Crippen LogP contribution in [0.15, 0.2) is 0 Å². The maximum Gasteiger partial charge on any atom is 0.137 e. The van der Waals surface area contributed by atoms with E-state index in [2.05, 4.69) is 32.6 Å². The lowest BCUT2D eigenvalue weighted by Crippen LogP contribution is -2.44. The zero-order valence-electron chi connectivity index (χ0n) is 14.2. The number of likely N-dealkylation sites (N-methyl/N-ethyl adjacent to an activating group) is 1. The van der Waals surface area contributed by atoms with E-state index in [1.807, 2.05) is 13.8 Å². The monoisotopic (exact) mass is 283 g/mol. The summed E-state index contributed by atoms with van der Waals surface area (Å²) in [6, 6.07) is 0. The zero-order valence-corrected chi connectivity index (χ0v) is 14.2. The maximum atomic E-state index is 12.2. The lowest BCUT2D eigenvalue weighted by atomic mass is 9.68. The third kappa shape index (κ3) is 5.53. The Kier molecular flexibility index (Phi) is 5.79. The summed E-state index contributed by atoms with van der Waals surface area (Å²) in [4.78, 5) is 14.4. The molecule has 2 unspecified atom stereocenters. The number of ketones is 1.